The zero-order valence-electron chi connectivity index (χ0n) is 17.2. The Morgan fingerprint density at radius 3 is 2.29 bits per heavy atom. The molecule has 1 rings (SSSR count). The van der Waals surface area contributed by atoms with Crippen LogP contribution in [-0.2, 0) is 28.6 Å². The van der Waals surface area contributed by atoms with Crippen LogP contribution in [-0.4, -0.2) is 86.4 Å². The van der Waals surface area contributed by atoms with Crippen LogP contribution >= 0.6 is 0 Å². The predicted molar refractivity (Wildman–Crippen MR) is 101 cm³/mol. The smallest absolute Gasteiger partial charge is 0.431 e. The molecule has 0 aromatic carbocycles. The first-order valence-corrected chi connectivity index (χ1v) is 9.15. The molecule has 1 heterocycles. The van der Waals surface area contributed by atoms with Gasteiger partial charge >= 0.3 is 18.2 Å². The molecule has 1 aromatic heterocycles. The van der Waals surface area contributed by atoms with Gasteiger partial charge in [0.05, 0.1) is 20.1 Å². The van der Waals surface area contributed by atoms with Crippen LogP contribution in [0.15, 0.2) is 12.1 Å². The predicted octanol–water partition coefficient (Wildman–Crippen LogP) is -0.320. The van der Waals surface area contributed by atoms with Crippen molar-refractivity contribution >= 4 is 18.2 Å². The standard InChI is InChI=1S/C17H27N3O11/c1-26-9-7-18-16(24)29-10-12(11-30-17(25)19-27-2)28-8-3-4-15(23)31-20-13(21)5-6-14(20)22/h5-6,12,21-22H,3-4,7-11H2,1-2H3,(H,18,24)(H,19,25). The lowest BCUT2D eigenvalue weighted by Crippen LogP contribution is -2.35. The van der Waals surface area contributed by atoms with Gasteiger partial charge in [0.1, 0.15) is 19.3 Å². The number of alkyl carbamates (subject to hydrolysis) is 1. The molecule has 2 amide bonds. The SMILES string of the molecule is COCCNC(=O)OCC(COC(=O)NOC)OCCCC(=O)On1c(O)ccc1O. The minimum absolute atomic E-state index is 0.0350. The van der Waals surface area contributed by atoms with E-state index in [2.05, 4.69) is 10.2 Å². The van der Waals surface area contributed by atoms with Gasteiger partial charge in [-0.05, 0) is 6.42 Å². The Labute approximate surface area is 177 Å². The van der Waals surface area contributed by atoms with Crippen molar-refractivity contribution in [3.63, 3.8) is 0 Å². The van der Waals surface area contributed by atoms with E-state index in [9.17, 15) is 24.6 Å². The lowest BCUT2D eigenvalue weighted by atomic mass is 10.3. The summed E-state index contributed by atoms with van der Waals surface area (Å²) in [6.07, 6.45) is -2.29. The highest BCUT2D eigenvalue weighted by Crippen LogP contribution is 2.18. The minimum atomic E-state index is -0.865. The molecule has 1 atom stereocenters. The molecule has 0 radical (unpaired) electrons. The van der Waals surface area contributed by atoms with Crippen molar-refractivity contribution < 1.29 is 53.2 Å². The maximum absolute atomic E-state index is 11.8. The van der Waals surface area contributed by atoms with Crippen LogP contribution in [0.3, 0.4) is 0 Å². The van der Waals surface area contributed by atoms with E-state index in [1.807, 2.05) is 5.48 Å². The summed E-state index contributed by atoms with van der Waals surface area (Å²) in [4.78, 5) is 43.9. The number of aromatic nitrogens is 1. The molecule has 1 unspecified atom stereocenters. The monoisotopic (exact) mass is 449 g/mol. The van der Waals surface area contributed by atoms with Gasteiger partial charge in [-0.15, -0.1) is 4.73 Å². The Hall–Kier alpha value is -3.23. The molecule has 0 aliphatic rings. The van der Waals surface area contributed by atoms with Gasteiger partial charge < -0.3 is 39.3 Å². The highest BCUT2D eigenvalue weighted by atomic mass is 16.7. The Morgan fingerprint density at radius 1 is 1.03 bits per heavy atom. The van der Waals surface area contributed by atoms with Crippen LogP contribution in [0.2, 0.25) is 0 Å². The average Bonchev–Trinajstić information content (AvgIpc) is 3.04. The number of hydrogen-bond acceptors (Lipinski definition) is 11. The summed E-state index contributed by atoms with van der Waals surface area (Å²) in [5, 5.41) is 21.3. The van der Waals surface area contributed by atoms with Crippen molar-refractivity contribution in [1.29, 1.82) is 0 Å². The molecular weight excluding hydrogens is 422 g/mol. The van der Waals surface area contributed by atoms with Crippen LogP contribution in [0.5, 0.6) is 11.8 Å². The average molecular weight is 449 g/mol. The number of aromatic hydroxyl groups is 2. The number of nitrogens with one attached hydrogen (secondary N) is 2. The number of methoxy groups -OCH3 is 1. The van der Waals surface area contributed by atoms with Crippen molar-refractivity contribution in [1.82, 2.24) is 15.5 Å². The van der Waals surface area contributed by atoms with Gasteiger partial charge in [0.15, 0.2) is 0 Å². The van der Waals surface area contributed by atoms with E-state index in [1.54, 1.807) is 0 Å². The second kappa shape index (κ2) is 14.7. The fourth-order valence-electron chi connectivity index (χ4n) is 2.01. The molecule has 1 aromatic rings. The number of nitrogens with zero attached hydrogens (tertiary/aromatic N) is 1. The van der Waals surface area contributed by atoms with Gasteiger partial charge in [0.2, 0.25) is 11.8 Å². The third kappa shape index (κ3) is 10.9. The molecule has 4 N–H and O–H groups in total. The van der Waals surface area contributed by atoms with Crippen LogP contribution in [0.4, 0.5) is 9.59 Å². The van der Waals surface area contributed by atoms with Crippen LogP contribution in [0.1, 0.15) is 12.8 Å². The largest absolute Gasteiger partial charge is 0.492 e. The molecule has 0 saturated heterocycles. The summed E-state index contributed by atoms with van der Waals surface area (Å²) in [7, 11) is 2.72. The first-order chi connectivity index (χ1) is 14.9. The Balaban J connectivity index is 2.39. The van der Waals surface area contributed by atoms with Crippen LogP contribution in [0.25, 0.3) is 0 Å². The second-order valence-electron chi connectivity index (χ2n) is 5.83. The van der Waals surface area contributed by atoms with Crippen molar-refractivity contribution in [2.24, 2.45) is 0 Å². The number of hydroxylamine groups is 1. The molecule has 14 heteroatoms. The molecular formula is C17H27N3O11. The molecule has 0 saturated carbocycles. The van der Waals surface area contributed by atoms with Gasteiger partial charge in [-0.1, -0.05) is 0 Å². The van der Waals surface area contributed by atoms with Gasteiger partial charge in [-0.2, -0.15) is 5.48 Å². The third-order valence-electron chi connectivity index (χ3n) is 3.43. The summed E-state index contributed by atoms with van der Waals surface area (Å²) >= 11 is 0. The van der Waals surface area contributed by atoms with Crippen molar-refractivity contribution in [3.8, 4) is 11.8 Å². The van der Waals surface area contributed by atoms with E-state index in [-0.39, 0.29) is 39.2 Å². The number of hydrogen-bond donors (Lipinski definition) is 4. The van der Waals surface area contributed by atoms with Gasteiger partial charge in [0, 0.05) is 32.4 Å². The molecule has 31 heavy (non-hydrogen) atoms. The van der Waals surface area contributed by atoms with Crippen molar-refractivity contribution in [2.45, 2.75) is 18.9 Å². The van der Waals surface area contributed by atoms with Gasteiger partial charge in [-0.3, -0.25) is 4.84 Å². The summed E-state index contributed by atoms with van der Waals surface area (Å²) in [5.74, 6) is -1.60. The zero-order valence-corrected chi connectivity index (χ0v) is 17.2. The van der Waals surface area contributed by atoms with E-state index in [4.69, 9.17) is 23.8 Å². The molecule has 0 fully saturated rings. The fraction of sp³-hybridized carbons (Fsp3) is 0.588. The molecule has 14 nitrogen and oxygen atoms in total. The number of ether oxygens (including phenoxy) is 4. The zero-order chi connectivity index (χ0) is 23.1. The molecule has 0 aliphatic heterocycles. The van der Waals surface area contributed by atoms with Crippen molar-refractivity contribution in [3.05, 3.63) is 12.1 Å². The van der Waals surface area contributed by atoms with Gasteiger partial charge in [0.25, 0.3) is 0 Å². The number of carbonyl (C=O) groups excluding carboxylic acids is 3. The Morgan fingerprint density at radius 2 is 1.68 bits per heavy atom. The highest BCUT2D eigenvalue weighted by Gasteiger charge is 2.17. The highest BCUT2D eigenvalue weighted by molar-refractivity contribution is 5.70. The van der Waals surface area contributed by atoms with E-state index < -0.39 is 36.0 Å². The summed E-state index contributed by atoms with van der Waals surface area (Å²) in [6, 6.07) is 2.31. The molecule has 0 bridgehead atoms. The first kappa shape index (κ1) is 25.8. The Kier molecular flexibility index (Phi) is 12.2. The van der Waals surface area contributed by atoms with E-state index in [0.717, 1.165) is 12.1 Å². The normalized spacial score (nSPS) is 11.4. The summed E-state index contributed by atoms with van der Waals surface area (Å²) < 4.78 is 20.7. The first-order valence-electron chi connectivity index (χ1n) is 9.15. The topological polar surface area (TPSA) is 176 Å². The number of carbonyl (C=O) groups is 3. The summed E-state index contributed by atoms with van der Waals surface area (Å²) in [5.41, 5.74) is 1.96. The quantitative estimate of drug-likeness (QED) is 0.216. The number of rotatable bonds is 14. The second-order valence-corrected chi connectivity index (χ2v) is 5.83. The van der Waals surface area contributed by atoms with Crippen molar-refractivity contribution in [2.75, 3.05) is 47.2 Å². The van der Waals surface area contributed by atoms with Gasteiger partial charge in [-0.25, -0.2) is 14.4 Å². The summed E-state index contributed by atoms with van der Waals surface area (Å²) in [6.45, 7) is 0.115. The fourth-order valence-corrected chi connectivity index (χ4v) is 2.01. The molecule has 176 valence electrons. The van der Waals surface area contributed by atoms with Crippen LogP contribution < -0.4 is 15.6 Å². The van der Waals surface area contributed by atoms with Crippen LogP contribution in [0, 0.1) is 0 Å². The molecule has 0 aliphatic carbocycles. The maximum atomic E-state index is 11.8. The molecule has 0 spiro atoms. The van der Waals surface area contributed by atoms with E-state index in [0.29, 0.717) is 11.3 Å². The Bertz CT molecular complexity index is 675. The minimum Gasteiger partial charge on any atom is -0.492 e. The lowest BCUT2D eigenvalue weighted by Gasteiger charge is -2.18. The third-order valence-corrected chi connectivity index (χ3v) is 3.43. The lowest BCUT2D eigenvalue weighted by molar-refractivity contribution is -0.146. The maximum Gasteiger partial charge on any atom is 0.431 e. The van der Waals surface area contributed by atoms with E-state index in [1.165, 1.54) is 14.2 Å². The number of amides is 2. The van der Waals surface area contributed by atoms with E-state index >= 15 is 0 Å².